The van der Waals surface area contributed by atoms with Gasteiger partial charge >= 0.3 is 5.97 Å². The molecule has 3 unspecified atom stereocenters. The number of hydrogen-bond donors (Lipinski definition) is 1. The van der Waals surface area contributed by atoms with E-state index in [4.69, 9.17) is 4.74 Å². The normalized spacial score (nSPS) is 20.1. The van der Waals surface area contributed by atoms with Gasteiger partial charge in [0.05, 0.1) is 13.0 Å². The van der Waals surface area contributed by atoms with E-state index in [1.807, 2.05) is 0 Å². The number of allylic oxidation sites excluding steroid dienone is 12. The Hall–Kier alpha value is -2.46. The number of carbonyl (C=O) groups is 2. The third-order valence-electron chi connectivity index (χ3n) is 7.78. The SMILES string of the molecule is COC(=O)C1C(CC=C(C)CCC=C(C)CCC=C(C)C)C=C(CCC=C(C)CCC=C(C)C)CC1C(=O)CO. The fourth-order valence-corrected chi connectivity index (χ4v) is 5.36. The van der Waals surface area contributed by atoms with Crippen molar-refractivity contribution >= 4 is 11.8 Å². The number of hydrogen-bond acceptors (Lipinski definition) is 4. The molecule has 0 heterocycles. The number of Topliss-reactive ketones (excluding diaryl/α,β-unsaturated/α-hetero) is 1. The monoisotopic (exact) mass is 552 g/mol. The zero-order valence-corrected chi connectivity index (χ0v) is 26.6. The van der Waals surface area contributed by atoms with Gasteiger partial charge in [0.15, 0.2) is 5.78 Å². The molecule has 0 saturated heterocycles. The number of rotatable bonds is 17. The van der Waals surface area contributed by atoms with Gasteiger partial charge in [-0.2, -0.15) is 0 Å². The Morgan fingerprint density at radius 3 is 1.80 bits per heavy atom. The maximum Gasteiger partial charge on any atom is 0.310 e. The van der Waals surface area contributed by atoms with E-state index in [1.165, 1.54) is 40.5 Å². The predicted octanol–water partition coefficient (Wildman–Crippen LogP) is 9.18. The van der Waals surface area contributed by atoms with E-state index in [9.17, 15) is 14.7 Å². The first kappa shape index (κ1) is 35.6. The molecular formula is C36H56O4. The molecular weight excluding hydrogens is 496 g/mol. The number of carbonyl (C=O) groups excluding carboxylic acids is 2. The van der Waals surface area contributed by atoms with Crippen molar-refractivity contribution in [2.24, 2.45) is 17.8 Å². The Morgan fingerprint density at radius 2 is 1.30 bits per heavy atom. The summed E-state index contributed by atoms with van der Waals surface area (Å²) in [6, 6.07) is 0. The second kappa shape index (κ2) is 19.6. The van der Waals surface area contributed by atoms with E-state index in [-0.39, 0.29) is 17.7 Å². The lowest BCUT2D eigenvalue weighted by Gasteiger charge is -2.34. The minimum Gasteiger partial charge on any atom is -0.469 e. The lowest BCUT2D eigenvalue weighted by molar-refractivity contribution is -0.152. The van der Waals surface area contributed by atoms with Crippen LogP contribution in [0.3, 0.4) is 0 Å². The molecule has 0 aliphatic heterocycles. The zero-order chi connectivity index (χ0) is 30.1. The van der Waals surface area contributed by atoms with E-state index in [1.54, 1.807) is 0 Å². The van der Waals surface area contributed by atoms with Crippen LogP contribution >= 0.6 is 0 Å². The fraction of sp³-hybridized carbons (Fsp3) is 0.611. The van der Waals surface area contributed by atoms with Crippen molar-refractivity contribution in [3.63, 3.8) is 0 Å². The molecule has 4 heteroatoms. The highest BCUT2D eigenvalue weighted by molar-refractivity contribution is 5.88. The smallest absolute Gasteiger partial charge is 0.310 e. The minimum atomic E-state index is -0.559. The van der Waals surface area contributed by atoms with Crippen molar-refractivity contribution in [3.8, 4) is 0 Å². The van der Waals surface area contributed by atoms with E-state index in [0.29, 0.717) is 12.8 Å². The molecule has 0 amide bonds. The van der Waals surface area contributed by atoms with Crippen molar-refractivity contribution < 1.29 is 19.4 Å². The number of aliphatic hydroxyl groups excluding tert-OH is 1. The minimum absolute atomic E-state index is 0.115. The summed E-state index contributed by atoms with van der Waals surface area (Å²) in [7, 11) is 1.38. The van der Waals surface area contributed by atoms with Gasteiger partial charge < -0.3 is 9.84 Å². The first-order valence-electron chi connectivity index (χ1n) is 15.1. The van der Waals surface area contributed by atoms with Gasteiger partial charge in [-0.1, -0.05) is 69.9 Å². The first-order chi connectivity index (χ1) is 19.0. The van der Waals surface area contributed by atoms with Crippen LogP contribution in [-0.4, -0.2) is 30.6 Å². The quantitative estimate of drug-likeness (QED) is 0.144. The lowest BCUT2D eigenvalue weighted by Crippen LogP contribution is -2.39. The van der Waals surface area contributed by atoms with Crippen LogP contribution in [0, 0.1) is 17.8 Å². The van der Waals surface area contributed by atoms with Gasteiger partial charge in [0.25, 0.3) is 0 Å². The van der Waals surface area contributed by atoms with E-state index in [2.05, 4.69) is 84.9 Å². The summed E-state index contributed by atoms with van der Waals surface area (Å²) < 4.78 is 5.14. The number of aliphatic hydroxyl groups is 1. The van der Waals surface area contributed by atoms with Crippen LogP contribution in [0.4, 0.5) is 0 Å². The number of ketones is 1. The average molecular weight is 553 g/mol. The Balaban J connectivity index is 2.97. The molecule has 0 aromatic rings. The molecule has 40 heavy (non-hydrogen) atoms. The van der Waals surface area contributed by atoms with Crippen LogP contribution in [0.2, 0.25) is 0 Å². The maximum atomic E-state index is 12.9. The van der Waals surface area contributed by atoms with Gasteiger partial charge in [-0.25, -0.2) is 0 Å². The summed E-state index contributed by atoms with van der Waals surface area (Å²) >= 11 is 0. The van der Waals surface area contributed by atoms with Gasteiger partial charge in [-0.05, 0) is 119 Å². The Kier molecular flexibility index (Phi) is 17.4. The number of esters is 1. The summed E-state index contributed by atoms with van der Waals surface area (Å²) in [5.74, 6) is -1.84. The van der Waals surface area contributed by atoms with Gasteiger partial charge in [-0.3, -0.25) is 9.59 Å². The molecule has 3 atom stereocenters. The van der Waals surface area contributed by atoms with Gasteiger partial charge in [0.2, 0.25) is 0 Å². The molecule has 0 saturated carbocycles. The molecule has 4 nitrogen and oxygen atoms in total. The van der Waals surface area contributed by atoms with E-state index < -0.39 is 18.4 Å². The molecule has 1 rings (SSSR count). The number of ether oxygens (including phenoxy) is 1. The second-order valence-corrected chi connectivity index (χ2v) is 12.1. The highest BCUT2D eigenvalue weighted by atomic mass is 16.5. The standard InChI is InChI=1S/C36H56O4/c1-26(2)13-9-15-28(5)17-11-18-30(7)21-22-32-23-31(20-12-19-29(6)16-10-14-27(3)4)24-33(34(38)25-37)35(32)36(39)40-8/h13-14,17,19,21,23,32-33,35,37H,9-12,15-16,18,20,22,24-25H2,1-8H3. The van der Waals surface area contributed by atoms with Crippen molar-refractivity contribution in [3.05, 3.63) is 69.9 Å². The van der Waals surface area contributed by atoms with Crippen LogP contribution in [0.1, 0.15) is 113 Å². The highest BCUT2D eigenvalue weighted by Gasteiger charge is 2.41. The lowest BCUT2D eigenvalue weighted by atomic mass is 9.69. The third kappa shape index (κ3) is 14.3. The summed E-state index contributed by atoms with van der Waals surface area (Å²) in [5.41, 5.74) is 7.99. The maximum absolute atomic E-state index is 12.9. The van der Waals surface area contributed by atoms with Crippen molar-refractivity contribution in [2.45, 2.75) is 113 Å². The summed E-state index contributed by atoms with van der Waals surface area (Å²) in [5, 5.41) is 9.69. The van der Waals surface area contributed by atoms with Crippen LogP contribution in [0.15, 0.2) is 69.9 Å². The Labute approximate surface area is 245 Å². The molecule has 0 radical (unpaired) electrons. The highest BCUT2D eigenvalue weighted by Crippen LogP contribution is 2.39. The second-order valence-electron chi connectivity index (χ2n) is 12.1. The van der Waals surface area contributed by atoms with Gasteiger partial charge in [-0.15, -0.1) is 0 Å². The van der Waals surface area contributed by atoms with Crippen LogP contribution in [0.5, 0.6) is 0 Å². The summed E-state index contributed by atoms with van der Waals surface area (Å²) in [4.78, 5) is 25.6. The van der Waals surface area contributed by atoms with Crippen LogP contribution in [0.25, 0.3) is 0 Å². The third-order valence-corrected chi connectivity index (χ3v) is 7.78. The molecule has 1 aliphatic carbocycles. The van der Waals surface area contributed by atoms with Crippen molar-refractivity contribution in [2.75, 3.05) is 13.7 Å². The van der Waals surface area contributed by atoms with Crippen LogP contribution < -0.4 is 0 Å². The molecule has 0 aromatic carbocycles. The molecule has 0 bridgehead atoms. The fourth-order valence-electron chi connectivity index (χ4n) is 5.36. The van der Waals surface area contributed by atoms with Crippen LogP contribution in [-0.2, 0) is 14.3 Å². The molecule has 224 valence electrons. The Morgan fingerprint density at radius 1 is 0.800 bits per heavy atom. The van der Waals surface area contributed by atoms with Gasteiger partial charge in [0.1, 0.15) is 6.61 Å². The topological polar surface area (TPSA) is 63.6 Å². The van der Waals surface area contributed by atoms with Gasteiger partial charge in [0, 0.05) is 5.92 Å². The summed E-state index contributed by atoms with van der Waals surface area (Å²) in [6.07, 6.45) is 22.8. The van der Waals surface area contributed by atoms with E-state index in [0.717, 1.165) is 51.4 Å². The Bertz CT molecular complexity index is 994. The zero-order valence-electron chi connectivity index (χ0n) is 26.6. The average Bonchev–Trinajstić information content (AvgIpc) is 2.90. The number of methoxy groups -OCH3 is 1. The molecule has 1 aliphatic rings. The predicted molar refractivity (Wildman–Crippen MR) is 169 cm³/mol. The molecule has 0 aromatic heterocycles. The summed E-state index contributed by atoms with van der Waals surface area (Å²) in [6.45, 7) is 14.5. The molecule has 0 fully saturated rings. The largest absolute Gasteiger partial charge is 0.469 e. The van der Waals surface area contributed by atoms with E-state index >= 15 is 0 Å². The van der Waals surface area contributed by atoms with Crippen molar-refractivity contribution in [1.29, 1.82) is 0 Å². The molecule has 0 spiro atoms. The first-order valence-corrected chi connectivity index (χ1v) is 15.1. The molecule has 1 N–H and O–H groups in total. The van der Waals surface area contributed by atoms with Crippen molar-refractivity contribution in [1.82, 2.24) is 0 Å².